The zero-order chi connectivity index (χ0) is 15.7. The van der Waals surface area contributed by atoms with Crippen molar-refractivity contribution < 1.29 is 9.53 Å². The fourth-order valence-electron chi connectivity index (χ4n) is 2.39. The van der Waals surface area contributed by atoms with Crippen LogP contribution in [-0.2, 0) is 14.9 Å². The predicted molar refractivity (Wildman–Crippen MR) is 87.5 cm³/mol. The summed E-state index contributed by atoms with van der Waals surface area (Å²) in [5, 5.41) is 0. The number of carbonyl (C=O) groups is 1. The smallest absolute Gasteiger partial charge is 0.327 e. The number of benzene rings is 1. The van der Waals surface area contributed by atoms with E-state index in [2.05, 4.69) is 45.0 Å². The highest BCUT2D eigenvalue weighted by molar-refractivity contribution is 7.99. The Morgan fingerprint density at radius 3 is 2.29 bits per heavy atom. The summed E-state index contributed by atoms with van der Waals surface area (Å²) in [6.45, 7) is 6.60. The number of rotatable bonds is 5. The molecule has 0 heterocycles. The molecule has 2 N–H and O–H groups in total. The van der Waals surface area contributed by atoms with Gasteiger partial charge in [-0.3, -0.25) is 4.79 Å². The fraction of sp³-hybridized carbons (Fsp3) is 0.588. The fourth-order valence-corrected chi connectivity index (χ4v) is 3.47. The summed E-state index contributed by atoms with van der Waals surface area (Å²) >= 11 is 1.63. The van der Waals surface area contributed by atoms with Crippen molar-refractivity contribution in [2.24, 2.45) is 11.7 Å². The van der Waals surface area contributed by atoms with Gasteiger partial charge in [0, 0.05) is 10.6 Å². The molecule has 1 saturated carbocycles. The van der Waals surface area contributed by atoms with E-state index in [1.165, 1.54) is 12.7 Å². The van der Waals surface area contributed by atoms with Crippen molar-refractivity contribution in [3.63, 3.8) is 0 Å². The van der Waals surface area contributed by atoms with E-state index in [9.17, 15) is 4.79 Å². The molecule has 21 heavy (non-hydrogen) atoms. The summed E-state index contributed by atoms with van der Waals surface area (Å²) in [5.74, 6) is 0.550. The molecule has 4 heteroatoms. The van der Waals surface area contributed by atoms with Crippen molar-refractivity contribution in [3.8, 4) is 0 Å². The van der Waals surface area contributed by atoms with Gasteiger partial charge in [0.2, 0.25) is 0 Å². The second-order valence-electron chi connectivity index (χ2n) is 6.87. The minimum Gasteiger partial charge on any atom is -0.468 e. The van der Waals surface area contributed by atoms with Gasteiger partial charge < -0.3 is 10.5 Å². The van der Waals surface area contributed by atoms with Crippen LogP contribution in [0.2, 0.25) is 0 Å². The van der Waals surface area contributed by atoms with Crippen LogP contribution in [0.1, 0.15) is 39.2 Å². The van der Waals surface area contributed by atoms with Crippen molar-refractivity contribution in [1.29, 1.82) is 0 Å². The molecule has 0 spiro atoms. The molecule has 0 aromatic heterocycles. The Morgan fingerprint density at radius 1 is 1.29 bits per heavy atom. The van der Waals surface area contributed by atoms with E-state index < -0.39 is 5.54 Å². The first-order chi connectivity index (χ1) is 9.77. The third-order valence-corrected chi connectivity index (χ3v) is 5.30. The molecule has 116 valence electrons. The van der Waals surface area contributed by atoms with Crippen LogP contribution in [0.15, 0.2) is 29.2 Å². The summed E-state index contributed by atoms with van der Waals surface area (Å²) < 4.78 is 4.89. The summed E-state index contributed by atoms with van der Waals surface area (Å²) in [4.78, 5) is 13.1. The summed E-state index contributed by atoms with van der Waals surface area (Å²) in [6.07, 6.45) is 2.05. The second-order valence-corrected chi connectivity index (χ2v) is 7.92. The first-order valence-electron chi connectivity index (χ1n) is 7.38. The largest absolute Gasteiger partial charge is 0.468 e. The van der Waals surface area contributed by atoms with E-state index in [1.54, 1.807) is 11.8 Å². The lowest BCUT2D eigenvalue weighted by Gasteiger charge is -2.26. The van der Waals surface area contributed by atoms with E-state index in [0.717, 1.165) is 17.7 Å². The van der Waals surface area contributed by atoms with Crippen molar-refractivity contribution >= 4 is 17.7 Å². The number of methoxy groups -OCH3 is 1. The molecule has 0 saturated heterocycles. The molecule has 0 amide bonds. The normalized spacial score (nSPS) is 18.1. The Balaban J connectivity index is 2.03. The maximum Gasteiger partial charge on any atom is 0.327 e. The van der Waals surface area contributed by atoms with Gasteiger partial charge in [0.15, 0.2) is 0 Å². The molecule has 1 fully saturated rings. The van der Waals surface area contributed by atoms with Crippen molar-refractivity contribution in [1.82, 2.24) is 0 Å². The molecular formula is C17H25NO2S. The molecule has 1 aromatic carbocycles. The molecule has 0 radical (unpaired) electrons. The second kappa shape index (κ2) is 6.01. The number of nitrogens with two attached hydrogens (primary N) is 1. The predicted octanol–water partition coefficient (Wildman–Crippen LogP) is 3.36. The van der Waals surface area contributed by atoms with Crippen molar-refractivity contribution in [2.45, 2.75) is 49.5 Å². The van der Waals surface area contributed by atoms with Crippen LogP contribution in [0.4, 0.5) is 0 Å². The molecule has 0 aliphatic heterocycles. The van der Waals surface area contributed by atoms with Gasteiger partial charge in [0.05, 0.1) is 7.11 Å². The monoisotopic (exact) mass is 307 g/mol. The molecule has 2 rings (SSSR count). The highest BCUT2D eigenvalue weighted by Gasteiger charge is 2.48. The highest BCUT2D eigenvalue weighted by Crippen LogP contribution is 2.41. The number of hydrogen-bond acceptors (Lipinski definition) is 4. The lowest BCUT2D eigenvalue weighted by atomic mass is 9.87. The maximum atomic E-state index is 12.0. The van der Waals surface area contributed by atoms with E-state index in [1.807, 2.05) is 0 Å². The highest BCUT2D eigenvalue weighted by atomic mass is 32.2. The minimum absolute atomic E-state index is 0.154. The topological polar surface area (TPSA) is 52.3 Å². The first kappa shape index (κ1) is 16.4. The van der Waals surface area contributed by atoms with Crippen LogP contribution in [0.3, 0.4) is 0 Å². The maximum absolute atomic E-state index is 12.0. The number of hydrogen-bond donors (Lipinski definition) is 1. The van der Waals surface area contributed by atoms with E-state index in [-0.39, 0.29) is 17.3 Å². The summed E-state index contributed by atoms with van der Waals surface area (Å²) in [5.41, 5.74) is 6.92. The molecule has 1 aromatic rings. The van der Waals surface area contributed by atoms with E-state index >= 15 is 0 Å². The quantitative estimate of drug-likeness (QED) is 0.669. The van der Waals surface area contributed by atoms with Crippen LogP contribution in [-0.4, -0.2) is 24.4 Å². The number of carbonyl (C=O) groups excluding carboxylic acids is 1. The Hall–Kier alpha value is -1.00. The number of esters is 1. The van der Waals surface area contributed by atoms with Gasteiger partial charge in [-0.1, -0.05) is 32.9 Å². The van der Waals surface area contributed by atoms with Crippen LogP contribution in [0.25, 0.3) is 0 Å². The average molecular weight is 307 g/mol. The Labute approximate surface area is 131 Å². The third kappa shape index (κ3) is 3.80. The third-order valence-electron chi connectivity index (χ3n) is 4.07. The molecular weight excluding hydrogens is 282 g/mol. The van der Waals surface area contributed by atoms with E-state index in [4.69, 9.17) is 10.5 Å². The molecule has 0 bridgehead atoms. The van der Waals surface area contributed by atoms with Gasteiger partial charge in [0.25, 0.3) is 0 Å². The lowest BCUT2D eigenvalue weighted by molar-refractivity contribution is -0.146. The molecule has 1 aliphatic rings. The van der Waals surface area contributed by atoms with Crippen LogP contribution >= 0.6 is 11.8 Å². The molecule has 1 aliphatic carbocycles. The van der Waals surface area contributed by atoms with Crippen LogP contribution < -0.4 is 5.73 Å². The minimum atomic E-state index is -0.845. The number of ether oxygens (including phenoxy) is 1. The summed E-state index contributed by atoms with van der Waals surface area (Å²) in [6, 6.07) is 8.51. The zero-order valence-electron chi connectivity index (χ0n) is 13.3. The van der Waals surface area contributed by atoms with Gasteiger partial charge in [-0.25, -0.2) is 0 Å². The van der Waals surface area contributed by atoms with Crippen LogP contribution in [0, 0.1) is 5.92 Å². The van der Waals surface area contributed by atoms with Gasteiger partial charge in [0.1, 0.15) is 5.54 Å². The average Bonchev–Trinajstić information content (AvgIpc) is 3.28. The standard InChI is InChI=1S/C17H25NO2S/c1-16(2,3)12-7-9-14(10-8-12)21-11-17(18,13-5-6-13)15(19)20-4/h7-10,13H,5-6,11,18H2,1-4H3. The Bertz CT molecular complexity index is 503. The van der Waals surface area contributed by atoms with E-state index in [0.29, 0.717) is 5.75 Å². The van der Waals surface area contributed by atoms with Gasteiger partial charge in [-0.05, 0) is 41.9 Å². The summed E-state index contributed by atoms with van der Waals surface area (Å²) in [7, 11) is 1.41. The van der Waals surface area contributed by atoms with Gasteiger partial charge in [-0.2, -0.15) is 0 Å². The molecule has 1 unspecified atom stereocenters. The first-order valence-corrected chi connectivity index (χ1v) is 8.36. The van der Waals surface area contributed by atoms with Gasteiger partial charge in [-0.15, -0.1) is 11.8 Å². The Morgan fingerprint density at radius 2 is 1.86 bits per heavy atom. The van der Waals surface area contributed by atoms with Crippen molar-refractivity contribution in [3.05, 3.63) is 29.8 Å². The van der Waals surface area contributed by atoms with Crippen molar-refractivity contribution in [2.75, 3.05) is 12.9 Å². The SMILES string of the molecule is COC(=O)C(N)(CSc1ccc(C(C)(C)C)cc1)C1CC1. The molecule has 1 atom stereocenters. The van der Waals surface area contributed by atoms with Gasteiger partial charge >= 0.3 is 5.97 Å². The zero-order valence-corrected chi connectivity index (χ0v) is 14.1. The Kier molecular flexibility index (Phi) is 4.69. The molecule has 3 nitrogen and oxygen atoms in total. The number of thioether (sulfide) groups is 1. The lowest BCUT2D eigenvalue weighted by Crippen LogP contribution is -2.53. The van der Waals surface area contributed by atoms with Crippen LogP contribution in [0.5, 0.6) is 0 Å².